The molecular formula is C17H20FN3O3. The van der Waals surface area contributed by atoms with Crippen LogP contribution in [0.2, 0.25) is 0 Å². The molecule has 1 aromatic rings. The number of rotatable bonds is 3. The van der Waals surface area contributed by atoms with Crippen LogP contribution in [0.3, 0.4) is 0 Å². The first-order valence-electron chi connectivity index (χ1n) is 8.39. The summed E-state index contributed by atoms with van der Waals surface area (Å²) in [5, 5.41) is 12.6. The molecule has 24 heavy (non-hydrogen) atoms. The number of nitrogens with one attached hydrogen (secondary N) is 1. The topological polar surface area (TPSA) is 72.9 Å². The van der Waals surface area contributed by atoms with Gasteiger partial charge in [0.15, 0.2) is 5.78 Å². The van der Waals surface area contributed by atoms with Crippen molar-refractivity contribution in [2.75, 3.05) is 42.5 Å². The Hall–Kier alpha value is -2.15. The highest BCUT2D eigenvalue weighted by molar-refractivity contribution is 6.13. The van der Waals surface area contributed by atoms with E-state index in [4.69, 9.17) is 0 Å². The molecule has 0 amide bonds. The minimum atomic E-state index is -1.14. The van der Waals surface area contributed by atoms with Gasteiger partial charge in [0.25, 0.3) is 0 Å². The number of hydrogen-bond donors (Lipinski definition) is 2. The first-order valence-corrected chi connectivity index (χ1v) is 8.39. The van der Waals surface area contributed by atoms with Crippen molar-refractivity contribution in [2.24, 2.45) is 5.92 Å². The number of carboxylic acids is 1. The molecule has 1 aromatic carbocycles. The molecule has 2 N–H and O–H groups in total. The molecule has 1 saturated heterocycles. The number of aliphatic carboxylic acids is 1. The third-order valence-corrected chi connectivity index (χ3v) is 5.08. The van der Waals surface area contributed by atoms with Crippen molar-refractivity contribution >= 4 is 23.1 Å². The van der Waals surface area contributed by atoms with E-state index in [-0.39, 0.29) is 18.2 Å². The molecule has 6 nitrogen and oxygen atoms in total. The van der Waals surface area contributed by atoms with E-state index in [9.17, 15) is 19.1 Å². The third kappa shape index (κ3) is 2.53. The molecule has 2 fully saturated rings. The van der Waals surface area contributed by atoms with E-state index in [1.165, 1.54) is 6.07 Å². The minimum Gasteiger partial charge on any atom is -0.481 e. The lowest BCUT2D eigenvalue weighted by Gasteiger charge is -2.36. The zero-order chi connectivity index (χ0) is 16.8. The number of Topliss-reactive ketones (excluding diaryl/α,β-unsaturated/α-hetero) is 1. The van der Waals surface area contributed by atoms with Crippen molar-refractivity contribution in [1.82, 2.24) is 5.32 Å². The summed E-state index contributed by atoms with van der Waals surface area (Å²) in [6.45, 7) is 3.19. The molecule has 7 heteroatoms. The summed E-state index contributed by atoms with van der Waals surface area (Å²) in [6, 6.07) is 3.24. The fourth-order valence-electron chi connectivity index (χ4n) is 3.62. The molecule has 3 aliphatic rings. The number of carbonyl (C=O) groups excluding carboxylic acids is 1. The van der Waals surface area contributed by atoms with Gasteiger partial charge in [0.05, 0.1) is 11.4 Å². The van der Waals surface area contributed by atoms with Crippen LogP contribution in [0.4, 0.5) is 15.8 Å². The maximum atomic E-state index is 14.6. The lowest BCUT2D eigenvalue weighted by Crippen LogP contribution is -2.45. The number of carboxylic acid groups (broad SMARTS) is 1. The van der Waals surface area contributed by atoms with Gasteiger partial charge in [0, 0.05) is 44.3 Å². The molecule has 1 aliphatic carbocycles. The molecule has 0 bridgehead atoms. The van der Waals surface area contributed by atoms with Crippen molar-refractivity contribution in [1.29, 1.82) is 0 Å². The van der Waals surface area contributed by atoms with Gasteiger partial charge in [0.1, 0.15) is 11.7 Å². The van der Waals surface area contributed by atoms with Gasteiger partial charge in [-0.15, -0.1) is 0 Å². The molecule has 2 heterocycles. The number of fused-ring (bicyclic) bond motifs is 1. The Kier molecular flexibility index (Phi) is 3.68. The largest absolute Gasteiger partial charge is 0.481 e. The second-order valence-corrected chi connectivity index (χ2v) is 6.70. The predicted octanol–water partition coefficient (Wildman–Crippen LogP) is 1.10. The normalized spacial score (nSPS) is 24.0. The minimum absolute atomic E-state index is 0.179. The zero-order valence-electron chi connectivity index (χ0n) is 13.3. The molecule has 2 aliphatic heterocycles. The number of anilines is 2. The van der Waals surface area contributed by atoms with Crippen LogP contribution in [0.1, 0.15) is 23.2 Å². The van der Waals surface area contributed by atoms with Crippen molar-refractivity contribution in [3.8, 4) is 0 Å². The lowest BCUT2D eigenvalue weighted by atomic mass is 9.90. The Morgan fingerprint density at radius 2 is 1.92 bits per heavy atom. The first kappa shape index (κ1) is 15.4. The van der Waals surface area contributed by atoms with E-state index >= 15 is 0 Å². The molecule has 1 atom stereocenters. The number of ketones is 1. The molecular weight excluding hydrogens is 313 g/mol. The fourth-order valence-corrected chi connectivity index (χ4v) is 3.62. The summed E-state index contributed by atoms with van der Waals surface area (Å²) in [4.78, 5) is 27.9. The summed E-state index contributed by atoms with van der Waals surface area (Å²) in [5.41, 5.74) is 1.40. The summed E-state index contributed by atoms with van der Waals surface area (Å²) >= 11 is 0. The summed E-state index contributed by atoms with van der Waals surface area (Å²) in [6.07, 6.45) is 1.97. The molecule has 0 spiro atoms. The van der Waals surface area contributed by atoms with Crippen LogP contribution >= 0.6 is 0 Å². The molecule has 0 radical (unpaired) electrons. The van der Waals surface area contributed by atoms with Crippen LogP contribution in [0, 0.1) is 11.7 Å². The second-order valence-electron chi connectivity index (χ2n) is 6.70. The predicted molar refractivity (Wildman–Crippen MR) is 87.3 cm³/mol. The standard InChI is InChI=1S/C17H20FN3O3/c18-13-7-11-14(8-15(13)20-5-3-19-4-6-20)21(10-1-2-10)9-12(16(11)22)17(23)24/h7-8,10,12,19H,1-6,9H2,(H,23,24). The van der Waals surface area contributed by atoms with Crippen LogP contribution in [-0.2, 0) is 4.79 Å². The lowest BCUT2D eigenvalue weighted by molar-refractivity contribution is -0.139. The van der Waals surface area contributed by atoms with Gasteiger partial charge >= 0.3 is 5.97 Å². The van der Waals surface area contributed by atoms with Gasteiger partial charge in [-0.05, 0) is 25.0 Å². The Bertz CT molecular complexity index is 699. The van der Waals surface area contributed by atoms with E-state index in [1.807, 2.05) is 9.80 Å². The maximum absolute atomic E-state index is 14.6. The molecule has 1 saturated carbocycles. The van der Waals surface area contributed by atoms with E-state index < -0.39 is 23.5 Å². The highest BCUT2D eigenvalue weighted by atomic mass is 19.1. The molecule has 1 unspecified atom stereocenters. The smallest absolute Gasteiger partial charge is 0.316 e. The van der Waals surface area contributed by atoms with Gasteiger partial charge in [-0.2, -0.15) is 0 Å². The zero-order valence-corrected chi connectivity index (χ0v) is 13.3. The van der Waals surface area contributed by atoms with Crippen LogP contribution in [-0.4, -0.2) is 55.6 Å². The average molecular weight is 333 g/mol. The van der Waals surface area contributed by atoms with Crippen molar-refractivity contribution in [2.45, 2.75) is 18.9 Å². The number of carbonyl (C=O) groups is 2. The Labute approximate surface area is 139 Å². The third-order valence-electron chi connectivity index (χ3n) is 5.08. The van der Waals surface area contributed by atoms with E-state index in [0.717, 1.165) is 25.9 Å². The summed E-state index contributed by atoms with van der Waals surface area (Å²) < 4.78 is 14.6. The second kappa shape index (κ2) is 5.73. The number of hydrogen-bond acceptors (Lipinski definition) is 5. The number of halogens is 1. The van der Waals surface area contributed by atoms with Crippen LogP contribution in [0.25, 0.3) is 0 Å². The Morgan fingerprint density at radius 3 is 2.54 bits per heavy atom. The van der Waals surface area contributed by atoms with Gasteiger partial charge in [-0.25, -0.2) is 4.39 Å². The number of piperazine rings is 1. The molecule has 128 valence electrons. The van der Waals surface area contributed by atoms with E-state index in [1.54, 1.807) is 6.07 Å². The SMILES string of the molecule is O=C(O)C1CN(C2CC2)c2cc(N3CCNCC3)c(F)cc2C1=O. The van der Waals surface area contributed by atoms with Gasteiger partial charge in [-0.3, -0.25) is 9.59 Å². The van der Waals surface area contributed by atoms with Crippen LogP contribution in [0.15, 0.2) is 12.1 Å². The number of benzene rings is 1. The van der Waals surface area contributed by atoms with Gasteiger partial charge in [-0.1, -0.05) is 0 Å². The van der Waals surface area contributed by atoms with Crippen LogP contribution in [0.5, 0.6) is 0 Å². The summed E-state index contributed by atoms with van der Waals surface area (Å²) in [5.74, 6) is -3.18. The maximum Gasteiger partial charge on any atom is 0.316 e. The fraction of sp³-hybridized carbons (Fsp3) is 0.529. The Balaban J connectivity index is 1.77. The Morgan fingerprint density at radius 1 is 1.21 bits per heavy atom. The van der Waals surface area contributed by atoms with Crippen molar-refractivity contribution in [3.05, 3.63) is 23.5 Å². The van der Waals surface area contributed by atoms with E-state index in [2.05, 4.69) is 5.32 Å². The molecule has 4 rings (SSSR count). The number of nitrogens with zero attached hydrogens (tertiary/aromatic N) is 2. The van der Waals surface area contributed by atoms with Crippen LogP contribution < -0.4 is 15.1 Å². The highest BCUT2D eigenvalue weighted by Crippen LogP contribution is 2.41. The highest BCUT2D eigenvalue weighted by Gasteiger charge is 2.42. The van der Waals surface area contributed by atoms with Gasteiger partial charge < -0.3 is 20.2 Å². The average Bonchev–Trinajstić information content (AvgIpc) is 3.40. The monoisotopic (exact) mass is 333 g/mol. The first-order chi connectivity index (χ1) is 11.6. The van der Waals surface area contributed by atoms with Gasteiger partial charge in [0.2, 0.25) is 0 Å². The van der Waals surface area contributed by atoms with Crippen molar-refractivity contribution in [3.63, 3.8) is 0 Å². The molecule has 0 aromatic heterocycles. The quantitative estimate of drug-likeness (QED) is 0.807. The summed E-state index contributed by atoms with van der Waals surface area (Å²) in [7, 11) is 0. The van der Waals surface area contributed by atoms with E-state index in [0.29, 0.717) is 24.5 Å². The van der Waals surface area contributed by atoms with Crippen molar-refractivity contribution < 1.29 is 19.1 Å².